The maximum atomic E-state index is 12.4. The van der Waals surface area contributed by atoms with E-state index in [2.05, 4.69) is 59.6 Å². The highest BCUT2D eigenvalue weighted by Crippen LogP contribution is 2.49. The number of amides is 1. The van der Waals surface area contributed by atoms with Gasteiger partial charge in [0.2, 0.25) is 5.91 Å². The second-order valence-corrected chi connectivity index (χ2v) is 7.12. The second-order valence-electron chi connectivity index (χ2n) is 7.12. The third kappa shape index (κ3) is 2.58. The first-order chi connectivity index (χ1) is 11.7. The number of carbonyl (C=O) groups is 1. The van der Waals surface area contributed by atoms with Crippen molar-refractivity contribution in [3.05, 3.63) is 60.2 Å². The maximum Gasteiger partial charge on any atom is 0.224 e. The summed E-state index contributed by atoms with van der Waals surface area (Å²) < 4.78 is 0. The third-order valence-electron chi connectivity index (χ3n) is 5.43. The van der Waals surface area contributed by atoms with Crippen molar-refractivity contribution < 1.29 is 4.79 Å². The number of rotatable bonds is 3. The van der Waals surface area contributed by atoms with Gasteiger partial charge in [0, 0.05) is 30.3 Å². The molecule has 2 aromatic carbocycles. The molecule has 2 aliphatic rings. The Hall–Kier alpha value is -2.29. The first kappa shape index (κ1) is 15.3. The molecule has 24 heavy (non-hydrogen) atoms. The monoisotopic (exact) mass is 320 g/mol. The lowest BCUT2D eigenvalue weighted by Crippen LogP contribution is -2.51. The van der Waals surface area contributed by atoms with Crippen LogP contribution >= 0.6 is 0 Å². The molecule has 0 unspecified atom stereocenters. The molecule has 1 fully saturated rings. The minimum atomic E-state index is 0.157. The Bertz CT molecular complexity index is 739. The van der Waals surface area contributed by atoms with Crippen molar-refractivity contribution in [3.63, 3.8) is 0 Å². The predicted octanol–water partition coefficient (Wildman–Crippen LogP) is 4.62. The Morgan fingerprint density at radius 3 is 2.38 bits per heavy atom. The van der Waals surface area contributed by atoms with E-state index in [1.165, 1.54) is 18.4 Å². The molecule has 1 N–H and O–H groups in total. The molecule has 0 radical (unpaired) electrons. The minimum Gasteiger partial charge on any atom is -0.378 e. The average molecular weight is 320 g/mol. The largest absolute Gasteiger partial charge is 0.378 e. The molecule has 0 saturated heterocycles. The summed E-state index contributed by atoms with van der Waals surface area (Å²) in [5.74, 6) is 1.16. The fraction of sp³-hybridized carbons (Fsp3) is 0.381. The smallest absolute Gasteiger partial charge is 0.224 e. The average Bonchev–Trinajstić information content (AvgIpc) is 3.42. The van der Waals surface area contributed by atoms with Crippen LogP contribution in [0.2, 0.25) is 0 Å². The molecular weight excluding hydrogens is 296 g/mol. The lowest BCUT2D eigenvalue weighted by atomic mass is 9.80. The van der Waals surface area contributed by atoms with E-state index in [9.17, 15) is 4.79 Å². The number of carbonyl (C=O) groups excluding carboxylic acids is 1. The summed E-state index contributed by atoms with van der Waals surface area (Å²) in [5, 5.41) is 3.72. The highest BCUT2D eigenvalue weighted by Gasteiger charge is 2.47. The van der Waals surface area contributed by atoms with E-state index in [0.717, 1.165) is 11.4 Å². The van der Waals surface area contributed by atoms with Gasteiger partial charge in [0.1, 0.15) is 0 Å². The molecule has 3 atom stereocenters. The van der Waals surface area contributed by atoms with Gasteiger partial charge >= 0.3 is 0 Å². The Morgan fingerprint density at radius 1 is 1.04 bits per heavy atom. The van der Waals surface area contributed by atoms with Crippen molar-refractivity contribution in [1.82, 2.24) is 0 Å². The number of benzene rings is 2. The van der Waals surface area contributed by atoms with Gasteiger partial charge in [-0.05, 0) is 42.5 Å². The summed E-state index contributed by atoms with van der Waals surface area (Å²) in [5.41, 5.74) is 3.43. The van der Waals surface area contributed by atoms with Crippen LogP contribution in [0.3, 0.4) is 0 Å². The first-order valence-electron chi connectivity index (χ1n) is 8.87. The molecule has 1 aliphatic heterocycles. The van der Waals surface area contributed by atoms with E-state index in [1.807, 2.05) is 12.1 Å². The number of nitrogens with one attached hydrogen (secondary N) is 1. The van der Waals surface area contributed by atoms with Crippen molar-refractivity contribution in [2.75, 3.05) is 10.2 Å². The normalized spacial score (nSPS) is 25.9. The van der Waals surface area contributed by atoms with E-state index in [-0.39, 0.29) is 11.9 Å². The SMILES string of the molecule is CC(=O)N1c2ccccc2[C@@H](Nc2ccccc2)[C@H](C)[C@H]1C1CC1. The Balaban J connectivity index is 1.78. The van der Waals surface area contributed by atoms with E-state index < -0.39 is 0 Å². The van der Waals surface area contributed by atoms with Crippen molar-refractivity contribution in [2.45, 2.75) is 38.8 Å². The quantitative estimate of drug-likeness (QED) is 0.895. The van der Waals surface area contributed by atoms with Gasteiger partial charge in [-0.15, -0.1) is 0 Å². The van der Waals surface area contributed by atoms with Crippen molar-refractivity contribution in [3.8, 4) is 0 Å². The van der Waals surface area contributed by atoms with Gasteiger partial charge in [0.05, 0.1) is 6.04 Å². The summed E-state index contributed by atoms with van der Waals surface area (Å²) >= 11 is 0. The summed E-state index contributed by atoms with van der Waals surface area (Å²) in [6, 6.07) is 19.2. The zero-order valence-corrected chi connectivity index (χ0v) is 14.3. The molecule has 124 valence electrons. The molecule has 2 aromatic rings. The van der Waals surface area contributed by atoms with Gasteiger partial charge in [0.25, 0.3) is 0 Å². The molecule has 3 heteroatoms. The van der Waals surface area contributed by atoms with Gasteiger partial charge in [-0.2, -0.15) is 0 Å². The summed E-state index contributed by atoms with van der Waals surface area (Å²) in [4.78, 5) is 14.5. The Morgan fingerprint density at radius 2 is 1.71 bits per heavy atom. The molecule has 3 nitrogen and oxygen atoms in total. The van der Waals surface area contributed by atoms with Crippen LogP contribution in [0.1, 0.15) is 38.3 Å². The lowest BCUT2D eigenvalue weighted by molar-refractivity contribution is -0.117. The number of para-hydroxylation sites is 2. The predicted molar refractivity (Wildman–Crippen MR) is 98.1 cm³/mol. The van der Waals surface area contributed by atoms with E-state index in [4.69, 9.17) is 0 Å². The van der Waals surface area contributed by atoms with Crippen molar-refractivity contribution in [2.24, 2.45) is 11.8 Å². The van der Waals surface area contributed by atoms with Gasteiger partial charge in [-0.25, -0.2) is 0 Å². The third-order valence-corrected chi connectivity index (χ3v) is 5.43. The fourth-order valence-corrected chi connectivity index (χ4v) is 4.23. The summed E-state index contributed by atoms with van der Waals surface area (Å²) in [7, 11) is 0. The topological polar surface area (TPSA) is 32.3 Å². The summed E-state index contributed by atoms with van der Waals surface area (Å²) in [6.45, 7) is 3.99. The molecular formula is C21H24N2O. The molecule has 1 amide bonds. The zero-order valence-electron chi connectivity index (χ0n) is 14.3. The Kier molecular flexibility index (Phi) is 3.79. The van der Waals surface area contributed by atoms with Crippen LogP contribution < -0.4 is 10.2 Å². The fourth-order valence-electron chi connectivity index (χ4n) is 4.23. The van der Waals surface area contributed by atoms with Crippen LogP contribution in [0, 0.1) is 11.8 Å². The van der Waals surface area contributed by atoms with E-state index >= 15 is 0 Å². The molecule has 4 rings (SSSR count). The number of hydrogen-bond acceptors (Lipinski definition) is 2. The van der Waals surface area contributed by atoms with Crippen molar-refractivity contribution >= 4 is 17.3 Å². The molecule has 0 aromatic heterocycles. The van der Waals surface area contributed by atoms with Gasteiger partial charge in [-0.1, -0.05) is 43.3 Å². The zero-order chi connectivity index (χ0) is 16.7. The highest BCUT2D eigenvalue weighted by molar-refractivity contribution is 5.94. The maximum absolute atomic E-state index is 12.4. The Labute approximate surface area is 143 Å². The van der Waals surface area contributed by atoms with E-state index in [1.54, 1.807) is 6.92 Å². The van der Waals surface area contributed by atoms with Crippen LogP contribution in [0.5, 0.6) is 0 Å². The number of fused-ring (bicyclic) bond motifs is 1. The first-order valence-corrected chi connectivity index (χ1v) is 8.87. The molecule has 0 bridgehead atoms. The lowest BCUT2D eigenvalue weighted by Gasteiger charge is -2.46. The van der Waals surface area contributed by atoms with Crippen LogP contribution in [0.15, 0.2) is 54.6 Å². The van der Waals surface area contributed by atoms with Gasteiger partial charge in [0.15, 0.2) is 0 Å². The number of anilines is 2. The number of nitrogens with zero attached hydrogens (tertiary/aromatic N) is 1. The van der Waals surface area contributed by atoms with E-state index in [0.29, 0.717) is 17.9 Å². The standard InChI is InChI=1S/C21H24N2O/c1-14-20(22-17-8-4-3-5-9-17)18-10-6-7-11-19(18)23(15(2)24)21(14)16-12-13-16/h3-11,14,16,20-22H,12-13H2,1-2H3/t14-,20-,21-/m0/s1. The van der Waals surface area contributed by atoms with Crippen molar-refractivity contribution in [1.29, 1.82) is 0 Å². The van der Waals surface area contributed by atoms with Crippen LogP contribution in [0.25, 0.3) is 0 Å². The van der Waals surface area contributed by atoms with Crippen LogP contribution in [-0.4, -0.2) is 11.9 Å². The highest BCUT2D eigenvalue weighted by atomic mass is 16.2. The second kappa shape index (κ2) is 5.97. The molecule has 1 saturated carbocycles. The molecule has 0 spiro atoms. The van der Waals surface area contributed by atoms with Gasteiger partial charge < -0.3 is 10.2 Å². The molecule has 1 aliphatic carbocycles. The minimum absolute atomic E-state index is 0.157. The number of hydrogen-bond donors (Lipinski definition) is 1. The van der Waals surface area contributed by atoms with Crippen LogP contribution in [-0.2, 0) is 4.79 Å². The molecule has 1 heterocycles. The van der Waals surface area contributed by atoms with Crippen LogP contribution in [0.4, 0.5) is 11.4 Å². The van der Waals surface area contributed by atoms with Gasteiger partial charge in [-0.3, -0.25) is 4.79 Å². The summed E-state index contributed by atoms with van der Waals surface area (Å²) in [6.07, 6.45) is 2.47.